The van der Waals surface area contributed by atoms with Gasteiger partial charge in [-0.3, -0.25) is 14.6 Å². The summed E-state index contributed by atoms with van der Waals surface area (Å²) in [5.74, 6) is -2.71. The second kappa shape index (κ2) is 11.6. The summed E-state index contributed by atoms with van der Waals surface area (Å²) in [7, 11) is -2.47. The molecular weight excluding hydrogens is 617 g/mol. The Bertz CT molecular complexity index is 2110. The van der Waals surface area contributed by atoms with Gasteiger partial charge in [-0.15, -0.1) is 0 Å². The highest BCUT2D eigenvalue weighted by molar-refractivity contribution is 7.90. The number of halogens is 3. The van der Waals surface area contributed by atoms with Crippen molar-refractivity contribution in [3.05, 3.63) is 107 Å². The summed E-state index contributed by atoms with van der Waals surface area (Å²) in [4.78, 5) is 39.3. The quantitative estimate of drug-likeness (QED) is 0.288. The number of pyridine rings is 2. The number of carbonyl (C=O) groups is 2. The number of hydrogen-bond donors (Lipinski definition) is 2. The van der Waals surface area contributed by atoms with E-state index in [1.807, 2.05) is 6.92 Å². The van der Waals surface area contributed by atoms with Gasteiger partial charge in [-0.25, -0.2) is 17.2 Å². The van der Waals surface area contributed by atoms with E-state index in [-0.39, 0.29) is 16.3 Å². The summed E-state index contributed by atoms with van der Waals surface area (Å²) >= 11 is 0. The summed E-state index contributed by atoms with van der Waals surface area (Å²) in [6.07, 6.45) is -1.45. The van der Waals surface area contributed by atoms with Crippen LogP contribution in [0.15, 0.2) is 95.0 Å². The molecule has 0 saturated carbocycles. The third kappa shape index (κ3) is 5.89. The number of nitrogens with one attached hydrogen (secondary N) is 1. The molecule has 3 aromatic heterocycles. The van der Waals surface area contributed by atoms with E-state index in [1.165, 1.54) is 22.9 Å². The maximum Gasteiger partial charge on any atom is 0.490 e. The van der Waals surface area contributed by atoms with Gasteiger partial charge in [0.2, 0.25) is 6.10 Å². The van der Waals surface area contributed by atoms with Crippen molar-refractivity contribution in [3.63, 3.8) is 0 Å². The molecule has 15 heteroatoms. The molecule has 1 amide bonds. The third-order valence-electron chi connectivity index (χ3n) is 6.80. The van der Waals surface area contributed by atoms with Crippen LogP contribution in [0, 0.1) is 6.92 Å². The molecule has 6 rings (SSSR count). The Morgan fingerprint density at radius 1 is 1.00 bits per heavy atom. The molecule has 2 aromatic carbocycles. The molecule has 4 heterocycles. The summed E-state index contributed by atoms with van der Waals surface area (Å²) in [6.45, 7) is 1.87. The monoisotopic (exact) mass is 640 g/mol. The van der Waals surface area contributed by atoms with Crippen LogP contribution < -0.4 is 15.6 Å². The van der Waals surface area contributed by atoms with Crippen molar-refractivity contribution in [2.75, 3.05) is 5.32 Å². The van der Waals surface area contributed by atoms with E-state index in [1.54, 1.807) is 74.0 Å². The van der Waals surface area contributed by atoms with Crippen LogP contribution in [0.3, 0.4) is 0 Å². The fourth-order valence-electron chi connectivity index (χ4n) is 4.64. The number of carboxylic acid groups (broad SMARTS) is 1. The average molecular weight is 641 g/mol. The number of ether oxygens (including phenoxy) is 1. The number of hydrogen-bond acceptors (Lipinski definition) is 7. The van der Waals surface area contributed by atoms with Crippen LogP contribution in [0.4, 0.5) is 18.9 Å². The number of aromatic nitrogens is 3. The van der Waals surface area contributed by atoms with Gasteiger partial charge in [0, 0.05) is 42.2 Å². The average Bonchev–Trinajstić information content (AvgIpc) is 3.45. The summed E-state index contributed by atoms with van der Waals surface area (Å²) in [5, 5.41) is 10.4. The molecule has 2 N–H and O–H groups in total. The van der Waals surface area contributed by atoms with Crippen LogP contribution in [-0.4, -0.2) is 45.1 Å². The van der Waals surface area contributed by atoms with Crippen LogP contribution in [0.1, 0.15) is 17.4 Å². The Balaban J connectivity index is 0.000000515. The van der Waals surface area contributed by atoms with Crippen molar-refractivity contribution < 1.29 is 41.0 Å². The maximum absolute atomic E-state index is 13.5. The Hall–Kier alpha value is -5.44. The molecule has 11 nitrogen and oxygen atoms in total. The topological polar surface area (TPSA) is 150 Å². The van der Waals surface area contributed by atoms with E-state index in [0.717, 1.165) is 9.54 Å². The van der Waals surface area contributed by atoms with Crippen LogP contribution >= 0.6 is 0 Å². The number of aryl methyl sites for hydroxylation is 2. The SMILES string of the molecule is Cc1ccc(S(=O)(=O)n2ccc3c(-c4cccc5c4OC(c4ccccn4)C(=O)N5)cn(C)c(=O)c32)cc1.O=C(O)C(F)(F)F. The zero-order chi connectivity index (χ0) is 32.7. The number of carboxylic acids is 1. The molecule has 0 bridgehead atoms. The highest BCUT2D eigenvalue weighted by Gasteiger charge is 2.38. The minimum absolute atomic E-state index is 0.0179. The highest BCUT2D eigenvalue weighted by atomic mass is 32.2. The van der Waals surface area contributed by atoms with Gasteiger partial charge >= 0.3 is 12.1 Å². The second-order valence-electron chi connectivity index (χ2n) is 9.88. The minimum atomic E-state index is -5.08. The van der Waals surface area contributed by atoms with Crippen LogP contribution in [0.25, 0.3) is 22.0 Å². The third-order valence-corrected chi connectivity index (χ3v) is 8.49. The first-order valence-electron chi connectivity index (χ1n) is 13.0. The maximum atomic E-state index is 13.5. The lowest BCUT2D eigenvalue weighted by atomic mass is 10.0. The number of aliphatic carboxylic acids is 1. The number of fused-ring (bicyclic) bond motifs is 2. The summed E-state index contributed by atoms with van der Waals surface area (Å²) < 4.78 is 67.4. The normalized spacial score (nSPS) is 14.5. The predicted molar refractivity (Wildman–Crippen MR) is 156 cm³/mol. The van der Waals surface area contributed by atoms with Crippen molar-refractivity contribution >= 4 is 38.5 Å². The number of amides is 1. The molecule has 0 spiro atoms. The molecule has 45 heavy (non-hydrogen) atoms. The molecule has 1 aliphatic heterocycles. The number of anilines is 1. The van der Waals surface area contributed by atoms with E-state index in [2.05, 4.69) is 10.3 Å². The second-order valence-corrected chi connectivity index (χ2v) is 11.7. The number of nitrogens with zero attached hydrogens (tertiary/aromatic N) is 3. The van der Waals surface area contributed by atoms with Crippen LogP contribution in [0.5, 0.6) is 5.75 Å². The Morgan fingerprint density at radius 2 is 1.69 bits per heavy atom. The van der Waals surface area contributed by atoms with Gasteiger partial charge in [-0.1, -0.05) is 35.9 Å². The Morgan fingerprint density at radius 3 is 2.31 bits per heavy atom. The number of carbonyl (C=O) groups excluding carboxylic acids is 1. The van der Waals surface area contributed by atoms with Crippen molar-refractivity contribution in [1.29, 1.82) is 0 Å². The van der Waals surface area contributed by atoms with Crippen molar-refractivity contribution in [1.82, 2.24) is 13.5 Å². The van der Waals surface area contributed by atoms with E-state index in [9.17, 15) is 31.2 Å². The van der Waals surface area contributed by atoms with Gasteiger partial charge < -0.3 is 19.7 Å². The van der Waals surface area contributed by atoms with Gasteiger partial charge in [0.25, 0.3) is 21.5 Å². The number of para-hydroxylation sites is 1. The molecule has 232 valence electrons. The van der Waals surface area contributed by atoms with E-state index in [4.69, 9.17) is 14.6 Å². The van der Waals surface area contributed by atoms with Gasteiger partial charge in [0.1, 0.15) is 5.52 Å². The Kier molecular flexibility index (Phi) is 7.97. The van der Waals surface area contributed by atoms with Crippen molar-refractivity contribution in [2.24, 2.45) is 7.05 Å². The lowest BCUT2D eigenvalue weighted by molar-refractivity contribution is -0.192. The molecule has 0 aliphatic carbocycles. The molecule has 1 unspecified atom stereocenters. The fraction of sp³-hybridized carbons (Fsp3) is 0.133. The Labute approximate surface area is 253 Å². The van der Waals surface area contributed by atoms with Crippen molar-refractivity contribution in [2.45, 2.75) is 24.1 Å². The van der Waals surface area contributed by atoms with Crippen LogP contribution in [-0.2, 0) is 26.7 Å². The van der Waals surface area contributed by atoms with E-state index < -0.39 is 33.8 Å². The summed E-state index contributed by atoms with van der Waals surface area (Å²) in [6, 6.07) is 18.6. The molecule has 1 aliphatic rings. The highest BCUT2D eigenvalue weighted by Crippen LogP contribution is 2.44. The lowest BCUT2D eigenvalue weighted by Crippen LogP contribution is -2.31. The number of benzene rings is 2. The van der Waals surface area contributed by atoms with E-state index in [0.29, 0.717) is 33.6 Å². The predicted octanol–water partition coefficient (Wildman–Crippen LogP) is 4.65. The largest absolute Gasteiger partial charge is 0.490 e. The first-order valence-corrected chi connectivity index (χ1v) is 14.5. The van der Waals surface area contributed by atoms with Gasteiger partial charge in [-0.05, 0) is 43.3 Å². The first kappa shape index (κ1) is 31.0. The minimum Gasteiger partial charge on any atom is -0.475 e. The number of rotatable bonds is 4. The number of alkyl halides is 3. The standard InChI is InChI=1S/C28H22N4O5S.C2HF3O2/c1-17-9-11-18(12-10-17)38(35,36)32-15-13-19-21(16-31(2)28(34)24(19)32)20-6-5-8-23-25(20)37-26(27(33)30-23)22-7-3-4-14-29-22;3-2(4,5)1(6)7/h3-16,26H,1-2H3,(H,30,33);(H,6,7). The fourth-order valence-corrected chi connectivity index (χ4v) is 5.98. The lowest BCUT2D eigenvalue weighted by Gasteiger charge is -2.27. The molecule has 0 fully saturated rings. The zero-order valence-corrected chi connectivity index (χ0v) is 24.3. The molecule has 0 radical (unpaired) electrons. The van der Waals surface area contributed by atoms with Crippen LogP contribution in [0.2, 0.25) is 0 Å². The van der Waals surface area contributed by atoms with Crippen molar-refractivity contribution in [3.8, 4) is 16.9 Å². The van der Waals surface area contributed by atoms with Gasteiger partial charge in [-0.2, -0.15) is 13.2 Å². The molecule has 1 atom stereocenters. The zero-order valence-electron chi connectivity index (χ0n) is 23.4. The van der Waals surface area contributed by atoms with E-state index >= 15 is 0 Å². The van der Waals surface area contributed by atoms with Gasteiger partial charge in [0.15, 0.2) is 5.75 Å². The first-order chi connectivity index (χ1) is 21.2. The van der Waals surface area contributed by atoms with Gasteiger partial charge in [0.05, 0.1) is 16.3 Å². The molecule has 0 saturated heterocycles. The molecular formula is C30H23F3N4O7S. The smallest absolute Gasteiger partial charge is 0.475 e. The molecule has 5 aromatic rings. The summed E-state index contributed by atoms with van der Waals surface area (Å²) in [5.41, 5.74) is 2.56.